The molecule has 1 aromatic rings. The minimum absolute atomic E-state index is 0.238. The van der Waals surface area contributed by atoms with E-state index in [1.807, 2.05) is 35.2 Å². The molecule has 0 heterocycles. The van der Waals surface area contributed by atoms with E-state index in [0.717, 1.165) is 32.1 Å². The average Bonchev–Trinajstić information content (AvgIpc) is 3.00. The monoisotopic (exact) mass is 290 g/mol. The number of urea groups is 1. The smallest absolute Gasteiger partial charge is 0.323 e. The Labute approximate surface area is 125 Å². The maximum absolute atomic E-state index is 12.2. The third kappa shape index (κ3) is 4.77. The maximum Gasteiger partial charge on any atom is 0.323 e. The predicted octanol–water partition coefficient (Wildman–Crippen LogP) is 2.27. The van der Waals surface area contributed by atoms with Gasteiger partial charge in [-0.05, 0) is 24.8 Å². The van der Waals surface area contributed by atoms with Crippen molar-refractivity contribution in [3.8, 4) is 0 Å². The summed E-state index contributed by atoms with van der Waals surface area (Å²) in [6.07, 6.45) is 5.08. The van der Waals surface area contributed by atoms with Gasteiger partial charge >= 0.3 is 12.0 Å². The highest BCUT2D eigenvalue weighted by atomic mass is 16.4. The minimum Gasteiger partial charge on any atom is -0.480 e. The van der Waals surface area contributed by atoms with Crippen molar-refractivity contribution < 1.29 is 14.7 Å². The molecule has 0 aromatic heterocycles. The van der Waals surface area contributed by atoms with Crippen LogP contribution in [-0.2, 0) is 11.2 Å². The van der Waals surface area contributed by atoms with Gasteiger partial charge in [-0.2, -0.15) is 0 Å². The van der Waals surface area contributed by atoms with Crippen molar-refractivity contribution in [3.05, 3.63) is 35.9 Å². The number of hydrogen-bond acceptors (Lipinski definition) is 2. The first-order valence-electron chi connectivity index (χ1n) is 7.47. The first-order chi connectivity index (χ1) is 10.2. The van der Waals surface area contributed by atoms with Crippen molar-refractivity contribution in [1.82, 2.24) is 10.2 Å². The SMILES string of the molecule is O=C(O)CNC(=O)N(CCc1ccccc1)C1CCCC1. The van der Waals surface area contributed by atoms with E-state index in [4.69, 9.17) is 5.11 Å². The fourth-order valence-corrected chi connectivity index (χ4v) is 2.81. The molecule has 0 bridgehead atoms. The van der Waals surface area contributed by atoms with Crippen molar-refractivity contribution in [2.45, 2.75) is 38.1 Å². The summed E-state index contributed by atoms with van der Waals surface area (Å²) in [7, 11) is 0. The van der Waals surface area contributed by atoms with Crippen molar-refractivity contribution in [1.29, 1.82) is 0 Å². The molecule has 0 radical (unpaired) electrons. The Morgan fingerprint density at radius 2 is 1.86 bits per heavy atom. The molecule has 0 spiro atoms. The van der Waals surface area contributed by atoms with Gasteiger partial charge in [-0.15, -0.1) is 0 Å². The Morgan fingerprint density at radius 1 is 1.19 bits per heavy atom. The van der Waals surface area contributed by atoms with Crippen molar-refractivity contribution in [3.63, 3.8) is 0 Å². The molecule has 0 unspecified atom stereocenters. The molecule has 0 saturated heterocycles. The highest BCUT2D eigenvalue weighted by Crippen LogP contribution is 2.23. The lowest BCUT2D eigenvalue weighted by atomic mass is 10.1. The molecule has 2 N–H and O–H groups in total. The predicted molar refractivity (Wildman–Crippen MR) is 80.1 cm³/mol. The second-order valence-electron chi connectivity index (χ2n) is 5.42. The van der Waals surface area contributed by atoms with Crippen LogP contribution in [0.15, 0.2) is 30.3 Å². The van der Waals surface area contributed by atoms with Crippen molar-refractivity contribution in [2.24, 2.45) is 0 Å². The van der Waals surface area contributed by atoms with Gasteiger partial charge in [0.2, 0.25) is 0 Å². The molecular formula is C16H22N2O3. The van der Waals surface area contributed by atoms with Gasteiger partial charge in [-0.3, -0.25) is 4.79 Å². The van der Waals surface area contributed by atoms with Gasteiger partial charge in [0.1, 0.15) is 6.54 Å². The number of carbonyl (C=O) groups excluding carboxylic acids is 1. The summed E-state index contributed by atoms with van der Waals surface area (Å²) in [5, 5.41) is 11.2. The number of rotatable bonds is 6. The Hall–Kier alpha value is -2.04. The zero-order valence-corrected chi connectivity index (χ0v) is 12.1. The van der Waals surface area contributed by atoms with Crippen LogP contribution in [-0.4, -0.2) is 41.1 Å². The first-order valence-corrected chi connectivity index (χ1v) is 7.47. The number of hydrogen-bond donors (Lipinski definition) is 2. The van der Waals surface area contributed by atoms with Crippen LogP contribution in [0, 0.1) is 0 Å². The lowest BCUT2D eigenvalue weighted by Crippen LogP contribution is -2.47. The third-order valence-corrected chi connectivity index (χ3v) is 3.90. The summed E-state index contributed by atoms with van der Waals surface area (Å²) >= 11 is 0. The molecule has 1 saturated carbocycles. The number of amides is 2. The number of carboxylic acid groups (broad SMARTS) is 1. The maximum atomic E-state index is 12.2. The quantitative estimate of drug-likeness (QED) is 0.844. The van der Waals surface area contributed by atoms with Gasteiger partial charge in [0.05, 0.1) is 0 Å². The van der Waals surface area contributed by atoms with Crippen molar-refractivity contribution >= 4 is 12.0 Å². The van der Waals surface area contributed by atoms with E-state index in [2.05, 4.69) is 5.32 Å². The molecule has 21 heavy (non-hydrogen) atoms. The number of nitrogens with one attached hydrogen (secondary N) is 1. The summed E-state index contributed by atoms with van der Waals surface area (Å²) in [5.74, 6) is -1.02. The number of aliphatic carboxylic acids is 1. The van der Waals surface area contributed by atoms with Crippen LogP contribution in [0.2, 0.25) is 0 Å². The fourth-order valence-electron chi connectivity index (χ4n) is 2.81. The molecule has 1 aliphatic carbocycles. The van der Waals surface area contributed by atoms with E-state index in [1.54, 1.807) is 0 Å². The lowest BCUT2D eigenvalue weighted by molar-refractivity contribution is -0.135. The van der Waals surface area contributed by atoms with Gasteiger partial charge in [0.15, 0.2) is 0 Å². The van der Waals surface area contributed by atoms with E-state index in [9.17, 15) is 9.59 Å². The van der Waals surface area contributed by atoms with Gasteiger partial charge in [-0.25, -0.2) is 4.79 Å². The molecule has 1 aromatic carbocycles. The molecule has 1 fully saturated rings. The molecule has 114 valence electrons. The largest absolute Gasteiger partial charge is 0.480 e. The molecule has 1 aliphatic rings. The van der Waals surface area contributed by atoms with E-state index in [1.165, 1.54) is 5.56 Å². The summed E-state index contributed by atoms with van der Waals surface area (Å²) in [5.41, 5.74) is 1.19. The van der Waals surface area contributed by atoms with E-state index < -0.39 is 5.97 Å². The van der Waals surface area contributed by atoms with Crippen LogP contribution >= 0.6 is 0 Å². The van der Waals surface area contributed by atoms with Gasteiger partial charge < -0.3 is 15.3 Å². The highest BCUT2D eigenvalue weighted by molar-refractivity contribution is 5.80. The zero-order valence-electron chi connectivity index (χ0n) is 12.1. The molecule has 5 heteroatoms. The summed E-state index contributed by atoms with van der Waals surface area (Å²) in [4.78, 5) is 24.6. The molecule has 2 amide bonds. The van der Waals surface area contributed by atoms with Gasteiger partial charge in [0.25, 0.3) is 0 Å². The second-order valence-corrected chi connectivity index (χ2v) is 5.42. The summed E-state index contributed by atoms with van der Waals surface area (Å²) in [6.45, 7) is 0.299. The first kappa shape index (κ1) is 15.4. The van der Waals surface area contributed by atoms with E-state index in [-0.39, 0.29) is 18.6 Å². The van der Waals surface area contributed by atoms with Gasteiger partial charge in [0, 0.05) is 12.6 Å². The minimum atomic E-state index is -1.02. The van der Waals surface area contributed by atoms with E-state index in [0.29, 0.717) is 6.54 Å². The number of carboxylic acids is 1. The van der Waals surface area contributed by atoms with Crippen LogP contribution in [0.4, 0.5) is 4.79 Å². The molecule has 0 atom stereocenters. The number of nitrogens with zero attached hydrogens (tertiary/aromatic N) is 1. The van der Waals surface area contributed by atoms with Gasteiger partial charge in [-0.1, -0.05) is 43.2 Å². The highest BCUT2D eigenvalue weighted by Gasteiger charge is 2.26. The topological polar surface area (TPSA) is 69.6 Å². The zero-order chi connectivity index (χ0) is 15.1. The average molecular weight is 290 g/mol. The summed E-state index contributed by atoms with van der Waals surface area (Å²) in [6, 6.07) is 10.0. The van der Waals surface area contributed by atoms with Crippen LogP contribution < -0.4 is 5.32 Å². The Kier molecular flexibility index (Phi) is 5.60. The molecule has 2 rings (SSSR count). The normalized spacial score (nSPS) is 14.9. The molecular weight excluding hydrogens is 268 g/mol. The summed E-state index contributed by atoms with van der Waals surface area (Å²) < 4.78 is 0. The number of benzene rings is 1. The fraction of sp³-hybridized carbons (Fsp3) is 0.500. The Morgan fingerprint density at radius 3 is 2.48 bits per heavy atom. The lowest BCUT2D eigenvalue weighted by Gasteiger charge is -2.29. The Bertz CT molecular complexity index is 470. The molecule has 5 nitrogen and oxygen atoms in total. The number of carbonyl (C=O) groups is 2. The van der Waals surface area contributed by atoms with Crippen LogP contribution in [0.25, 0.3) is 0 Å². The van der Waals surface area contributed by atoms with Crippen LogP contribution in [0.1, 0.15) is 31.2 Å². The standard InChI is InChI=1S/C16H22N2O3/c19-15(20)12-17-16(21)18(14-8-4-5-9-14)11-10-13-6-2-1-3-7-13/h1-3,6-7,14H,4-5,8-12H2,(H,17,21)(H,19,20). The van der Waals surface area contributed by atoms with Crippen LogP contribution in [0.5, 0.6) is 0 Å². The third-order valence-electron chi connectivity index (χ3n) is 3.90. The van der Waals surface area contributed by atoms with E-state index >= 15 is 0 Å². The van der Waals surface area contributed by atoms with Crippen molar-refractivity contribution in [2.75, 3.05) is 13.1 Å². The van der Waals surface area contributed by atoms with Crippen LogP contribution in [0.3, 0.4) is 0 Å². The molecule has 0 aliphatic heterocycles. The second kappa shape index (κ2) is 7.67. The Balaban J connectivity index is 1.94.